The van der Waals surface area contributed by atoms with Crippen LogP contribution in [0.4, 0.5) is 0 Å². The van der Waals surface area contributed by atoms with Gasteiger partial charge in [0.2, 0.25) is 0 Å². The number of fused-ring (bicyclic) bond motifs is 3. The molecule has 3 aromatic carbocycles. The van der Waals surface area contributed by atoms with E-state index in [1.807, 2.05) is 15.4 Å². The number of rotatable bonds is 4. The number of allylic oxidation sites excluding steroid dienone is 4. The molecule has 0 bridgehead atoms. The van der Waals surface area contributed by atoms with Crippen molar-refractivity contribution in [3.63, 3.8) is 0 Å². The van der Waals surface area contributed by atoms with Crippen LogP contribution in [0.25, 0.3) is 21.5 Å². The molecule has 0 amide bonds. The summed E-state index contributed by atoms with van der Waals surface area (Å²) in [6.07, 6.45) is 28.2. The van der Waals surface area contributed by atoms with E-state index >= 15 is 0 Å². The Morgan fingerprint density at radius 1 is 0.705 bits per heavy atom. The first-order valence-corrected chi connectivity index (χ1v) is 18.2. The van der Waals surface area contributed by atoms with Crippen molar-refractivity contribution >= 4 is 24.8 Å². The van der Waals surface area contributed by atoms with Crippen LogP contribution in [0.1, 0.15) is 136 Å². The van der Waals surface area contributed by atoms with E-state index in [9.17, 15) is 0 Å². The molecule has 0 aliphatic heterocycles. The third kappa shape index (κ3) is 12.0. The molecule has 3 heteroatoms. The molecule has 2 fully saturated rings. The zero-order chi connectivity index (χ0) is 30.2. The average molecular weight is 711 g/mol. The molecular weight excluding hydrogens is 655 g/mol. The second-order valence-electron chi connectivity index (χ2n) is 15.3. The summed E-state index contributed by atoms with van der Waals surface area (Å²) in [6, 6.07) is 16.1. The minimum atomic E-state index is 0. The second kappa shape index (κ2) is 18.5. The van der Waals surface area contributed by atoms with Gasteiger partial charge in [0.25, 0.3) is 0 Å². The topological polar surface area (TPSA) is 0 Å². The Balaban J connectivity index is 0.000000260. The van der Waals surface area contributed by atoms with Crippen molar-refractivity contribution in [1.82, 2.24) is 0 Å². The van der Waals surface area contributed by atoms with Gasteiger partial charge in [0.05, 0.1) is 0 Å². The monoisotopic (exact) mass is 708 g/mol. The fourth-order valence-corrected chi connectivity index (χ4v) is 8.25. The summed E-state index contributed by atoms with van der Waals surface area (Å²) in [5, 5.41) is 5.49. The van der Waals surface area contributed by atoms with Gasteiger partial charge in [-0.3, -0.25) is 6.08 Å². The molecule has 0 unspecified atom stereocenters. The zero-order valence-corrected chi connectivity index (χ0v) is 32.3. The first-order chi connectivity index (χ1) is 20.0. The van der Waals surface area contributed by atoms with E-state index in [1.165, 1.54) is 110 Å². The summed E-state index contributed by atoms with van der Waals surface area (Å²) in [5.74, 6) is 2.15. The van der Waals surface area contributed by atoms with Crippen LogP contribution in [0.2, 0.25) is 0 Å². The zero-order valence-electron chi connectivity index (χ0n) is 28.4. The van der Waals surface area contributed by atoms with E-state index in [4.69, 9.17) is 0 Å². The van der Waals surface area contributed by atoms with Crippen molar-refractivity contribution < 1.29 is 49.0 Å². The Morgan fingerprint density at radius 3 is 1.45 bits per heavy atom. The Hall–Kier alpha value is -0.877. The van der Waals surface area contributed by atoms with Gasteiger partial charge in [-0.1, -0.05) is 76.9 Å². The molecule has 3 aliphatic rings. The maximum absolute atomic E-state index is 2.99. The summed E-state index contributed by atoms with van der Waals surface area (Å²) in [7, 11) is 0. The van der Waals surface area contributed by atoms with Crippen LogP contribution in [-0.4, -0.2) is 3.21 Å². The predicted molar refractivity (Wildman–Crippen MR) is 183 cm³/mol. The van der Waals surface area contributed by atoms with Gasteiger partial charge in [-0.05, 0) is 10.8 Å². The molecule has 0 atom stereocenters. The van der Waals surface area contributed by atoms with Gasteiger partial charge in [-0.25, -0.2) is 12.2 Å². The quantitative estimate of drug-likeness (QED) is 0.281. The van der Waals surface area contributed by atoms with Gasteiger partial charge < -0.3 is 24.8 Å². The van der Waals surface area contributed by atoms with Crippen LogP contribution in [0.3, 0.4) is 0 Å². The first kappa shape index (κ1) is 39.3. The molecule has 2 saturated carbocycles. The molecule has 0 spiro atoms. The van der Waals surface area contributed by atoms with E-state index in [-0.39, 0.29) is 35.6 Å². The third-order valence-electron chi connectivity index (χ3n) is 9.55. The number of halogens is 2. The molecule has 0 N–H and O–H groups in total. The fourth-order valence-electron chi connectivity index (χ4n) is 6.83. The van der Waals surface area contributed by atoms with Gasteiger partial charge in [-0.2, -0.15) is 6.08 Å². The van der Waals surface area contributed by atoms with E-state index in [0.717, 1.165) is 18.3 Å². The Kier molecular flexibility index (Phi) is 16.5. The van der Waals surface area contributed by atoms with Crippen LogP contribution >= 0.6 is 0 Å². The van der Waals surface area contributed by atoms with Crippen molar-refractivity contribution in [2.45, 2.75) is 136 Å². The van der Waals surface area contributed by atoms with Crippen molar-refractivity contribution in [1.29, 1.82) is 0 Å². The molecule has 0 aromatic heterocycles. The standard InChI is InChI=1S/C21H25.C15H26.C5H5.2ClH.Zr/c1-20(2,3)16-9-7-14-11-15-8-10-17(21(4,5)6)13-19(15)18(14)12-16;1-3-8-14(9-4-1)12-7-13-15-10-5-2-6-11-15;1-2-4-5-3-1;;;/h7-13H,1-6H3;14-15H,1-6,8-13H2;1-3H,4H2;2*1H;/q-1;;-1;;;+2/p-2. The second-order valence-corrected chi connectivity index (χ2v) is 17.0. The van der Waals surface area contributed by atoms with Crippen LogP contribution in [-0.2, 0) is 35.1 Å². The molecule has 3 aromatic rings. The minimum absolute atomic E-state index is 0. The van der Waals surface area contributed by atoms with Crippen LogP contribution < -0.4 is 24.8 Å². The van der Waals surface area contributed by atoms with Gasteiger partial charge in [0, 0.05) is 0 Å². The molecule has 0 nitrogen and oxygen atoms in total. The number of hydrogen-bond donors (Lipinski definition) is 0. The van der Waals surface area contributed by atoms with Crippen molar-refractivity contribution in [2.75, 3.05) is 0 Å². The van der Waals surface area contributed by atoms with Crippen LogP contribution in [0, 0.1) is 17.9 Å². The van der Waals surface area contributed by atoms with E-state index in [2.05, 4.69) is 96.2 Å². The molecule has 0 heterocycles. The van der Waals surface area contributed by atoms with Crippen LogP contribution in [0.5, 0.6) is 0 Å². The van der Waals surface area contributed by atoms with E-state index in [0.29, 0.717) is 0 Å². The van der Waals surface area contributed by atoms with Crippen molar-refractivity contribution in [2.24, 2.45) is 11.8 Å². The summed E-state index contributed by atoms with van der Waals surface area (Å²) in [4.78, 5) is 0. The molecule has 3 aliphatic carbocycles. The maximum atomic E-state index is 2.99. The molecule has 240 valence electrons. The number of benzene rings is 2. The summed E-state index contributed by atoms with van der Waals surface area (Å²) >= 11 is 1.75. The fraction of sp³-hybridized carbons (Fsp3) is 0.561. The summed E-state index contributed by atoms with van der Waals surface area (Å²) < 4.78 is 1.91. The molecule has 0 saturated heterocycles. The molecule has 6 rings (SSSR count). The SMILES string of the molecule is CC(C)(C)c1ccc2[cH-]c3ccc(C(C)(C)C)cc3c2c1.[C-]1=CC=CC1.[Cl-].[Cl-].[Zr+2]=[C](CC1CCCCC1)CC1CCCCC1. The Morgan fingerprint density at radius 2 is 1.14 bits per heavy atom. The summed E-state index contributed by atoms with van der Waals surface area (Å²) in [6.45, 7) is 13.7. The van der Waals surface area contributed by atoms with Gasteiger partial charge in [0.1, 0.15) is 0 Å². The molecular formula is C41H56Cl2Zr-2. The van der Waals surface area contributed by atoms with Gasteiger partial charge in [0.15, 0.2) is 0 Å². The normalized spacial score (nSPS) is 17.3. The van der Waals surface area contributed by atoms with Gasteiger partial charge >= 0.3 is 116 Å². The van der Waals surface area contributed by atoms with E-state index < -0.39 is 0 Å². The molecule has 44 heavy (non-hydrogen) atoms. The average Bonchev–Trinajstić information content (AvgIpc) is 3.65. The number of hydrogen-bond acceptors (Lipinski definition) is 0. The Bertz CT molecular complexity index is 1250. The van der Waals surface area contributed by atoms with E-state index in [1.54, 1.807) is 24.2 Å². The van der Waals surface area contributed by atoms with Crippen molar-refractivity contribution in [3.05, 3.63) is 77.9 Å². The first-order valence-electron chi connectivity index (χ1n) is 16.9. The van der Waals surface area contributed by atoms with Crippen molar-refractivity contribution in [3.8, 4) is 0 Å². The Labute approximate surface area is 297 Å². The van der Waals surface area contributed by atoms with Gasteiger partial charge in [-0.15, -0.1) is 46.2 Å². The summed E-state index contributed by atoms with van der Waals surface area (Å²) in [5.41, 5.74) is 3.20. The molecule has 0 radical (unpaired) electrons. The van der Waals surface area contributed by atoms with Crippen LogP contribution in [0.15, 0.2) is 60.7 Å². The third-order valence-corrected chi connectivity index (χ3v) is 10.5. The predicted octanol–water partition coefficient (Wildman–Crippen LogP) is 6.27.